The molecule has 2 N–H and O–H groups in total. The lowest BCUT2D eigenvalue weighted by atomic mass is 9.53. The molecule has 1 unspecified atom stereocenters. The van der Waals surface area contributed by atoms with Gasteiger partial charge in [0.05, 0.1) is 5.54 Å². The highest BCUT2D eigenvalue weighted by Gasteiger charge is 2.51. The molecule has 0 aromatic carbocycles. The zero-order chi connectivity index (χ0) is 23.5. The molecule has 4 bridgehead atoms. The summed E-state index contributed by atoms with van der Waals surface area (Å²) in [4.78, 5) is 10.1. The van der Waals surface area contributed by atoms with Crippen molar-refractivity contribution in [3.05, 3.63) is 12.7 Å². The van der Waals surface area contributed by atoms with Gasteiger partial charge in [0.2, 0.25) is 0 Å². The van der Waals surface area contributed by atoms with Gasteiger partial charge in [0.1, 0.15) is 0 Å². The summed E-state index contributed by atoms with van der Waals surface area (Å²) in [6.07, 6.45) is 21.9. The van der Waals surface area contributed by atoms with Crippen molar-refractivity contribution in [1.82, 2.24) is 10.6 Å². The Balaban J connectivity index is 1.30. The number of nitrogens with one attached hydrogen (secondary N) is 2. The number of amidine groups is 2. The molecule has 4 rings (SSSR count). The SMILES string of the molecule is C=CCC(CC)CCNC(=NCCCCCNC(=NC12CC3CC(CC(C3)C1)C2)SC)SC. The summed E-state index contributed by atoms with van der Waals surface area (Å²) in [7, 11) is 0. The van der Waals surface area contributed by atoms with E-state index in [1.165, 1.54) is 69.4 Å². The third kappa shape index (κ3) is 8.52. The van der Waals surface area contributed by atoms with E-state index in [4.69, 9.17) is 9.98 Å². The second-order valence-electron chi connectivity index (χ2n) is 10.7. The van der Waals surface area contributed by atoms with E-state index in [0.717, 1.165) is 61.3 Å². The smallest absolute Gasteiger partial charge is 0.156 e. The van der Waals surface area contributed by atoms with Crippen molar-refractivity contribution < 1.29 is 0 Å². The zero-order valence-corrected chi connectivity index (χ0v) is 23.0. The van der Waals surface area contributed by atoms with Crippen LogP contribution in [0.15, 0.2) is 22.6 Å². The predicted molar refractivity (Wildman–Crippen MR) is 151 cm³/mol. The average molecular weight is 493 g/mol. The van der Waals surface area contributed by atoms with E-state index in [2.05, 4.69) is 36.6 Å². The first-order chi connectivity index (χ1) is 16.1. The first-order valence-electron chi connectivity index (χ1n) is 13.4. The first kappa shape index (κ1) is 27.0. The molecule has 1 atom stereocenters. The minimum atomic E-state index is 0.277. The largest absolute Gasteiger partial charge is 0.365 e. The standard InChI is InChI=1S/C27H48N4S2/c1-5-10-21(6-2)11-14-30-25(32-3)28-12-8-7-9-13-29-26(33-4)31-27-18-22-15-23(19-27)17-24(16-22)20-27/h5,21-24H,1,6-20H2,2-4H3,(H,28,30)(H,29,31). The van der Waals surface area contributed by atoms with Crippen LogP contribution in [0.4, 0.5) is 0 Å². The number of hydrogen-bond acceptors (Lipinski definition) is 4. The van der Waals surface area contributed by atoms with Crippen LogP contribution in [0, 0.1) is 23.7 Å². The van der Waals surface area contributed by atoms with Gasteiger partial charge in [-0.15, -0.1) is 6.58 Å². The molecule has 4 aliphatic carbocycles. The van der Waals surface area contributed by atoms with Gasteiger partial charge in [-0.2, -0.15) is 0 Å². The molecule has 4 fully saturated rings. The van der Waals surface area contributed by atoms with Crippen molar-refractivity contribution in [2.75, 3.05) is 32.1 Å². The molecule has 4 saturated carbocycles. The maximum absolute atomic E-state index is 5.34. The minimum absolute atomic E-state index is 0.277. The number of rotatable bonds is 13. The highest BCUT2D eigenvalue weighted by atomic mass is 32.2. The molecule has 4 nitrogen and oxygen atoms in total. The summed E-state index contributed by atoms with van der Waals surface area (Å²) in [6.45, 7) is 9.11. The van der Waals surface area contributed by atoms with Crippen molar-refractivity contribution in [2.24, 2.45) is 33.7 Å². The highest BCUT2D eigenvalue weighted by molar-refractivity contribution is 8.13. The third-order valence-corrected chi connectivity index (χ3v) is 9.29. The van der Waals surface area contributed by atoms with E-state index in [0.29, 0.717) is 0 Å². The van der Waals surface area contributed by atoms with Gasteiger partial charge in [-0.1, -0.05) is 42.9 Å². The van der Waals surface area contributed by atoms with Crippen LogP contribution < -0.4 is 10.6 Å². The Morgan fingerprint density at radius 2 is 1.61 bits per heavy atom. The fourth-order valence-corrected chi connectivity index (χ4v) is 7.66. The lowest BCUT2D eigenvalue weighted by molar-refractivity contribution is 0.00170. The summed E-state index contributed by atoms with van der Waals surface area (Å²) in [6, 6.07) is 0. The van der Waals surface area contributed by atoms with Gasteiger partial charge in [0.15, 0.2) is 10.3 Å². The first-order valence-corrected chi connectivity index (χ1v) is 15.9. The maximum Gasteiger partial charge on any atom is 0.156 e. The number of unbranched alkanes of at least 4 members (excludes halogenated alkanes) is 2. The highest BCUT2D eigenvalue weighted by Crippen LogP contribution is 2.57. The van der Waals surface area contributed by atoms with E-state index in [-0.39, 0.29) is 5.54 Å². The normalized spacial score (nSPS) is 29.8. The summed E-state index contributed by atoms with van der Waals surface area (Å²) in [5.41, 5.74) is 0.277. The van der Waals surface area contributed by atoms with E-state index >= 15 is 0 Å². The van der Waals surface area contributed by atoms with Crippen molar-refractivity contribution >= 4 is 33.9 Å². The summed E-state index contributed by atoms with van der Waals surface area (Å²) in [5.74, 6) is 3.63. The molecule has 188 valence electrons. The van der Waals surface area contributed by atoms with Crippen molar-refractivity contribution in [3.8, 4) is 0 Å². The molecule has 4 aliphatic rings. The van der Waals surface area contributed by atoms with Gasteiger partial charge in [-0.05, 0) is 107 Å². The number of thioether (sulfide) groups is 2. The summed E-state index contributed by atoms with van der Waals surface area (Å²) < 4.78 is 0. The van der Waals surface area contributed by atoms with Crippen LogP contribution in [0.3, 0.4) is 0 Å². The predicted octanol–water partition coefficient (Wildman–Crippen LogP) is 6.74. The molecule has 33 heavy (non-hydrogen) atoms. The Bertz CT molecular complexity index is 625. The van der Waals surface area contributed by atoms with Gasteiger partial charge in [0, 0.05) is 19.6 Å². The Hall–Kier alpha value is -0.620. The molecule has 0 aromatic heterocycles. The average Bonchev–Trinajstić information content (AvgIpc) is 2.79. The van der Waals surface area contributed by atoms with E-state index in [1.54, 1.807) is 11.8 Å². The van der Waals surface area contributed by atoms with Gasteiger partial charge < -0.3 is 10.6 Å². The van der Waals surface area contributed by atoms with Gasteiger partial charge >= 0.3 is 0 Å². The Kier molecular flexibility index (Phi) is 11.5. The van der Waals surface area contributed by atoms with Crippen LogP contribution in [0.1, 0.15) is 84.0 Å². The van der Waals surface area contributed by atoms with Gasteiger partial charge in [-0.3, -0.25) is 9.98 Å². The van der Waals surface area contributed by atoms with Crippen LogP contribution in [-0.2, 0) is 0 Å². The molecule has 0 radical (unpaired) electrons. The molecular weight excluding hydrogens is 444 g/mol. The molecular formula is C27H48N4S2. The molecule has 6 heteroatoms. The number of hydrogen-bond donors (Lipinski definition) is 2. The Labute approximate surface area is 212 Å². The molecule has 0 aliphatic heterocycles. The topological polar surface area (TPSA) is 48.8 Å². The second kappa shape index (κ2) is 14.1. The van der Waals surface area contributed by atoms with Crippen LogP contribution in [0.5, 0.6) is 0 Å². The van der Waals surface area contributed by atoms with Crippen molar-refractivity contribution in [3.63, 3.8) is 0 Å². The molecule has 0 spiro atoms. The van der Waals surface area contributed by atoms with E-state index < -0.39 is 0 Å². The number of aliphatic imine (C=N–C) groups is 2. The summed E-state index contributed by atoms with van der Waals surface area (Å²) in [5, 5.41) is 9.47. The molecule has 0 aromatic rings. The Morgan fingerprint density at radius 1 is 0.970 bits per heavy atom. The summed E-state index contributed by atoms with van der Waals surface area (Å²) >= 11 is 3.54. The number of allylic oxidation sites excluding steroid dienone is 1. The van der Waals surface area contributed by atoms with E-state index in [9.17, 15) is 0 Å². The fraction of sp³-hybridized carbons (Fsp3) is 0.852. The zero-order valence-electron chi connectivity index (χ0n) is 21.4. The molecule has 0 saturated heterocycles. The van der Waals surface area contributed by atoms with Crippen LogP contribution >= 0.6 is 23.5 Å². The molecule has 0 amide bonds. The third-order valence-electron chi connectivity index (χ3n) is 8.00. The van der Waals surface area contributed by atoms with Crippen LogP contribution in [0.25, 0.3) is 0 Å². The molecule has 0 heterocycles. The lowest BCUT2D eigenvalue weighted by Gasteiger charge is -2.55. The van der Waals surface area contributed by atoms with Gasteiger partial charge in [-0.25, -0.2) is 0 Å². The van der Waals surface area contributed by atoms with Gasteiger partial charge in [0.25, 0.3) is 0 Å². The number of nitrogens with zero attached hydrogens (tertiary/aromatic N) is 2. The Morgan fingerprint density at radius 3 is 2.18 bits per heavy atom. The van der Waals surface area contributed by atoms with Crippen molar-refractivity contribution in [2.45, 2.75) is 89.5 Å². The van der Waals surface area contributed by atoms with Crippen molar-refractivity contribution in [1.29, 1.82) is 0 Å². The lowest BCUT2D eigenvalue weighted by Crippen LogP contribution is -2.50. The monoisotopic (exact) mass is 492 g/mol. The van der Waals surface area contributed by atoms with E-state index in [1.807, 2.05) is 17.8 Å². The minimum Gasteiger partial charge on any atom is -0.365 e. The van der Waals surface area contributed by atoms with Crippen LogP contribution in [0.2, 0.25) is 0 Å². The second-order valence-corrected chi connectivity index (χ2v) is 12.2. The maximum atomic E-state index is 5.34. The van der Waals surface area contributed by atoms with Crippen LogP contribution in [-0.4, -0.2) is 48.0 Å². The quantitative estimate of drug-likeness (QED) is 0.129. The fourth-order valence-electron chi connectivity index (χ4n) is 6.66.